The summed E-state index contributed by atoms with van der Waals surface area (Å²) < 4.78 is 159. The number of nitrogens with one attached hydrogen (secondary N) is 1. The molecule has 0 aromatic rings. The minimum atomic E-state index is -4.91. The molecule has 1 amide bonds. The van der Waals surface area contributed by atoms with Crippen molar-refractivity contribution in [2.45, 2.75) is 225 Å². The molecule has 1 unspecified atom stereocenters. The van der Waals surface area contributed by atoms with Crippen LogP contribution in [0.15, 0.2) is 0 Å². The molecule has 0 aromatic carbocycles. The number of amides is 1. The number of methoxy groups -OCH3 is 1. The molecule has 0 aliphatic heterocycles. The smallest absolute Gasteiger partial charge is 0.407 e. The lowest BCUT2D eigenvalue weighted by Gasteiger charge is -2.25. The summed E-state index contributed by atoms with van der Waals surface area (Å²) >= 11 is 0. The van der Waals surface area contributed by atoms with Gasteiger partial charge in [-0.3, -0.25) is 14.2 Å². The molecule has 0 aliphatic rings. The summed E-state index contributed by atoms with van der Waals surface area (Å²) in [6, 6.07) is 0. The van der Waals surface area contributed by atoms with Crippen molar-refractivity contribution in [1.82, 2.24) is 11.5 Å². The molecule has 0 spiro atoms. The highest BCUT2D eigenvalue weighted by atomic mass is 31.2. The maximum absolute atomic E-state index is 12.9. The van der Waals surface area contributed by atoms with Crippen LogP contribution in [0.5, 0.6) is 0 Å². The minimum absolute atomic E-state index is 0. The molecule has 0 aromatic heterocycles. The van der Waals surface area contributed by atoms with Gasteiger partial charge in [0.05, 0.1) is 297 Å². The van der Waals surface area contributed by atoms with Crippen LogP contribution in [0.3, 0.4) is 0 Å². The molecule has 35 heteroatoms. The van der Waals surface area contributed by atoms with Crippen molar-refractivity contribution in [3.8, 4) is 0 Å². The van der Waals surface area contributed by atoms with Crippen molar-refractivity contribution in [1.29, 1.82) is 0 Å². The van der Waals surface area contributed by atoms with Crippen LogP contribution < -0.4 is 16.4 Å². The first-order valence-corrected chi connectivity index (χ1v) is 47.7. The Labute approximate surface area is 735 Å². The van der Waals surface area contributed by atoms with Gasteiger partial charge in [0.25, 0.3) is 7.82 Å². The van der Waals surface area contributed by atoms with E-state index in [0.29, 0.717) is 284 Å². The predicted octanol–water partition coefficient (Wildman–Crippen LogP) is 12.6. The molecule has 0 bridgehead atoms. The zero-order chi connectivity index (χ0) is 87.2. The average Bonchev–Trinajstić information content (AvgIpc) is 0.906. The van der Waals surface area contributed by atoms with Crippen LogP contribution in [0.4, 0.5) is 4.79 Å². The molecule has 34 nitrogen and oxygen atoms in total. The summed E-state index contributed by atoms with van der Waals surface area (Å²) in [7, 11) is -3.27. The molecule has 0 radical (unpaired) electrons. The Morgan fingerprint density at radius 3 is 0.689 bits per heavy atom. The number of ether oxygens (including phenoxy) is 25. The number of phosphoric ester groups is 1. The quantitative estimate of drug-likeness (QED) is 0.0247. The molecule has 0 heterocycles. The topological polar surface area (TPSA) is 389 Å². The Hall–Kier alpha value is -2.60. The highest BCUT2D eigenvalue weighted by Crippen LogP contribution is 2.38. The molecule has 0 rings (SSSR count). The van der Waals surface area contributed by atoms with Gasteiger partial charge in [0.1, 0.15) is 13.2 Å². The highest BCUT2D eigenvalue weighted by molar-refractivity contribution is 7.45. The van der Waals surface area contributed by atoms with Crippen LogP contribution >= 0.6 is 7.82 Å². The van der Waals surface area contributed by atoms with Crippen molar-refractivity contribution in [3.05, 3.63) is 0 Å². The lowest BCUT2D eigenvalue weighted by Crippen LogP contribution is -2.31. The Morgan fingerprint density at radius 1 is 0.254 bits per heavy atom. The molecule has 0 saturated carbocycles. The van der Waals surface area contributed by atoms with Crippen LogP contribution in [0.1, 0.15) is 219 Å². The molecular formula is C87H175N2O32P. The van der Waals surface area contributed by atoms with Crippen molar-refractivity contribution >= 4 is 25.9 Å². The Morgan fingerprint density at radius 2 is 0.459 bits per heavy atom. The third-order valence-corrected chi connectivity index (χ3v) is 19.0. The van der Waals surface area contributed by atoms with E-state index in [0.717, 1.165) is 38.5 Å². The van der Waals surface area contributed by atoms with Gasteiger partial charge in [0, 0.05) is 26.5 Å². The van der Waals surface area contributed by atoms with E-state index < -0.39 is 45.2 Å². The van der Waals surface area contributed by atoms with Gasteiger partial charge in [-0.05, 0) is 12.8 Å². The van der Waals surface area contributed by atoms with Crippen LogP contribution in [-0.4, -0.2) is 348 Å². The summed E-state index contributed by atoms with van der Waals surface area (Å²) in [6.07, 6.45) is 34.6. The van der Waals surface area contributed by atoms with Gasteiger partial charge in [-0.25, -0.2) is 4.79 Å². The van der Waals surface area contributed by atoms with Crippen molar-refractivity contribution in [3.63, 3.8) is 0 Å². The monoisotopic (exact) mass is 1790 g/mol. The lowest BCUT2D eigenvalue weighted by atomic mass is 10.0. The molecule has 730 valence electrons. The fraction of sp³-hybridized carbons (Fsp3) is 0.966. The van der Waals surface area contributed by atoms with E-state index in [4.69, 9.17) is 127 Å². The number of carbonyl (C=O) groups excluding carboxylic acids is 3. The van der Waals surface area contributed by atoms with E-state index in [1.54, 1.807) is 7.11 Å². The number of phosphoric acid groups is 1. The van der Waals surface area contributed by atoms with Gasteiger partial charge in [-0.2, -0.15) is 0 Å². The lowest BCUT2D eigenvalue weighted by molar-refractivity contribution is -0.228. The number of alkyl carbamates (subject to hydrolysis) is 1. The molecular weight excluding hydrogens is 1620 g/mol. The van der Waals surface area contributed by atoms with Gasteiger partial charge < -0.3 is 144 Å². The summed E-state index contributed by atoms with van der Waals surface area (Å²) in [5.74, 6) is -0.971. The summed E-state index contributed by atoms with van der Waals surface area (Å²) in [5.41, 5.74) is 0. The fourth-order valence-electron chi connectivity index (χ4n) is 11.3. The SMILES string of the molecule is CCCCCCCCCCCCCCCCCC(=O)OC[C@H](COP(=O)([O-])OCCNC(=O)OCCOCCOCCOCCOCCOCCOCCOCCOCCOCCOCCOCCOCCOCCOCCOCCOCCOCCOCCOCCOCCOCCOC)OC(=O)CCCCCCCCCCCCCCCCC.[NH4+]. The second-order valence-corrected chi connectivity index (χ2v) is 30.1. The Balaban J connectivity index is 0. The first kappa shape index (κ1) is 121. The van der Waals surface area contributed by atoms with Crippen molar-refractivity contribution in [2.75, 3.05) is 324 Å². The molecule has 0 fully saturated rings. The molecule has 2 atom stereocenters. The van der Waals surface area contributed by atoms with E-state index in [1.165, 1.54) is 141 Å². The summed E-state index contributed by atoms with van der Waals surface area (Å²) in [5, 5.41) is 2.41. The Kier molecular flexibility index (Phi) is 107. The molecule has 0 aliphatic carbocycles. The largest absolute Gasteiger partial charge is 0.756 e. The first-order chi connectivity index (χ1) is 59.7. The number of esters is 2. The molecule has 5 N–H and O–H groups in total. The van der Waals surface area contributed by atoms with Crippen LogP contribution in [0, 0.1) is 0 Å². The van der Waals surface area contributed by atoms with Gasteiger partial charge in [-0.1, -0.05) is 194 Å². The van der Waals surface area contributed by atoms with Crippen LogP contribution in [-0.2, 0) is 142 Å². The van der Waals surface area contributed by atoms with Gasteiger partial charge >= 0.3 is 18.0 Å². The fourth-order valence-corrected chi connectivity index (χ4v) is 12.0. The number of hydrogen-bond acceptors (Lipinski definition) is 32. The second-order valence-electron chi connectivity index (χ2n) is 28.7. The maximum Gasteiger partial charge on any atom is 0.407 e. The first-order valence-electron chi connectivity index (χ1n) is 46.2. The van der Waals surface area contributed by atoms with E-state index in [2.05, 4.69) is 19.2 Å². The summed E-state index contributed by atoms with van der Waals surface area (Å²) in [6.45, 7) is 22.4. The Bertz CT molecular complexity index is 2080. The standard InChI is InChI=1S/C87H172NO32P.H3N/c1-4-6-8-10-12-14-16-18-20-22-24-26-28-30-32-34-85(89)117-82-84(120-86(90)35-33-31-29-27-25-23-21-19-17-15-13-11-9-7-5-2)83-119-121(92,93)118-37-36-88-87(91)116-81-80-115-79-78-114-77-76-113-75-74-112-73-72-111-71-70-110-69-68-109-67-66-108-65-64-107-63-62-106-61-60-105-59-58-104-57-56-103-55-54-102-53-52-101-51-50-100-49-48-99-47-46-98-45-44-97-43-42-96-41-40-95-39-38-94-3;/h84H,4-83H2,1-3H3,(H,88,91)(H,92,93);1H3/t84-;/m1./s1. The average molecular weight is 1790 g/mol. The molecule has 0 saturated heterocycles. The van der Waals surface area contributed by atoms with Gasteiger partial charge in [0.15, 0.2) is 6.10 Å². The zero-order valence-corrected chi connectivity index (χ0v) is 77.6. The van der Waals surface area contributed by atoms with E-state index in [-0.39, 0.29) is 52.0 Å². The number of rotatable bonds is 108. The predicted molar refractivity (Wildman–Crippen MR) is 464 cm³/mol. The number of unbranched alkanes of at least 4 members (excludes halogenated alkanes) is 28. The minimum Gasteiger partial charge on any atom is -0.756 e. The number of quaternary nitrogens is 1. The number of carbonyl (C=O) groups is 3. The van der Waals surface area contributed by atoms with Gasteiger partial charge in [0.2, 0.25) is 0 Å². The van der Waals surface area contributed by atoms with E-state index in [1.807, 2.05) is 0 Å². The van der Waals surface area contributed by atoms with Crippen molar-refractivity contribution in [2.24, 2.45) is 0 Å². The summed E-state index contributed by atoms with van der Waals surface area (Å²) in [4.78, 5) is 50.5. The van der Waals surface area contributed by atoms with E-state index in [9.17, 15) is 23.8 Å². The van der Waals surface area contributed by atoms with Gasteiger partial charge in [-0.15, -0.1) is 0 Å². The number of hydrogen-bond donors (Lipinski definition) is 2. The van der Waals surface area contributed by atoms with Crippen LogP contribution in [0.25, 0.3) is 0 Å². The van der Waals surface area contributed by atoms with E-state index >= 15 is 0 Å². The third-order valence-electron chi connectivity index (χ3n) is 18.1. The second kappa shape index (κ2) is 107. The van der Waals surface area contributed by atoms with Crippen LogP contribution in [0.2, 0.25) is 0 Å². The zero-order valence-electron chi connectivity index (χ0n) is 76.7. The maximum atomic E-state index is 12.9. The third kappa shape index (κ3) is 106. The highest BCUT2D eigenvalue weighted by Gasteiger charge is 2.22. The molecule has 122 heavy (non-hydrogen) atoms. The normalized spacial score (nSPS) is 12.3. The van der Waals surface area contributed by atoms with Crippen molar-refractivity contribution < 1.29 is 151 Å².